The number of nitrogens with zero attached hydrogens (tertiary/aromatic N) is 2. The Morgan fingerprint density at radius 1 is 1.47 bits per heavy atom. The Morgan fingerprint density at radius 3 is 2.87 bits per heavy atom. The van der Waals surface area contributed by atoms with E-state index in [1.165, 1.54) is 24.4 Å². The molecule has 0 atom stereocenters. The molecular formula is C10H7N2O3. The SMILES string of the molecule is [CH2]c1ncc2cc([N+](=O)[O-])ccc2c1O. The third-order valence-corrected chi connectivity index (χ3v) is 2.13. The molecule has 75 valence electrons. The van der Waals surface area contributed by atoms with Gasteiger partial charge in [0.05, 0.1) is 10.6 Å². The van der Waals surface area contributed by atoms with Crippen LogP contribution in [0.1, 0.15) is 5.69 Å². The van der Waals surface area contributed by atoms with Gasteiger partial charge in [0.2, 0.25) is 0 Å². The average molecular weight is 203 g/mol. The molecule has 0 spiro atoms. The van der Waals surface area contributed by atoms with E-state index in [4.69, 9.17) is 0 Å². The number of rotatable bonds is 1. The lowest BCUT2D eigenvalue weighted by Crippen LogP contribution is -1.89. The molecule has 1 heterocycles. The van der Waals surface area contributed by atoms with Gasteiger partial charge in [0.25, 0.3) is 5.69 Å². The summed E-state index contributed by atoms with van der Waals surface area (Å²) in [5.41, 5.74) is 0.233. The molecule has 0 fully saturated rings. The van der Waals surface area contributed by atoms with Crippen molar-refractivity contribution in [3.63, 3.8) is 0 Å². The lowest BCUT2D eigenvalue weighted by atomic mass is 10.1. The molecule has 0 unspecified atom stereocenters. The summed E-state index contributed by atoms with van der Waals surface area (Å²) in [4.78, 5) is 13.8. The first-order valence-corrected chi connectivity index (χ1v) is 4.17. The van der Waals surface area contributed by atoms with Crippen molar-refractivity contribution in [3.8, 4) is 5.75 Å². The highest BCUT2D eigenvalue weighted by atomic mass is 16.6. The van der Waals surface area contributed by atoms with Crippen molar-refractivity contribution in [2.75, 3.05) is 0 Å². The number of nitro groups is 1. The molecule has 0 saturated carbocycles. The van der Waals surface area contributed by atoms with Gasteiger partial charge >= 0.3 is 0 Å². The second-order valence-corrected chi connectivity index (χ2v) is 3.08. The van der Waals surface area contributed by atoms with Crippen molar-refractivity contribution < 1.29 is 10.0 Å². The summed E-state index contributed by atoms with van der Waals surface area (Å²) in [5, 5.41) is 21.1. The molecule has 1 aromatic heterocycles. The van der Waals surface area contributed by atoms with Crippen molar-refractivity contribution in [1.29, 1.82) is 0 Å². The minimum Gasteiger partial charge on any atom is -0.505 e. The average Bonchev–Trinajstić information content (AvgIpc) is 2.23. The summed E-state index contributed by atoms with van der Waals surface area (Å²) in [6, 6.07) is 4.18. The van der Waals surface area contributed by atoms with Crippen molar-refractivity contribution in [2.45, 2.75) is 0 Å². The van der Waals surface area contributed by atoms with Gasteiger partial charge in [-0.05, 0) is 13.0 Å². The molecule has 0 aliphatic heterocycles. The van der Waals surface area contributed by atoms with Gasteiger partial charge in [-0.1, -0.05) is 0 Å². The van der Waals surface area contributed by atoms with E-state index in [1.54, 1.807) is 0 Å². The maximum Gasteiger partial charge on any atom is 0.270 e. The second-order valence-electron chi connectivity index (χ2n) is 3.08. The Bertz CT molecular complexity index is 552. The molecule has 5 nitrogen and oxygen atoms in total. The van der Waals surface area contributed by atoms with Crippen LogP contribution in [-0.2, 0) is 0 Å². The number of aromatic hydroxyl groups is 1. The van der Waals surface area contributed by atoms with Gasteiger partial charge < -0.3 is 5.11 Å². The van der Waals surface area contributed by atoms with Gasteiger partial charge in [-0.2, -0.15) is 0 Å². The van der Waals surface area contributed by atoms with E-state index in [9.17, 15) is 15.2 Å². The van der Waals surface area contributed by atoms with Crippen molar-refractivity contribution in [1.82, 2.24) is 4.98 Å². The maximum atomic E-state index is 10.5. The normalized spacial score (nSPS) is 10.5. The van der Waals surface area contributed by atoms with Gasteiger partial charge in [0.1, 0.15) is 5.75 Å². The van der Waals surface area contributed by atoms with Crippen LogP contribution < -0.4 is 0 Å². The van der Waals surface area contributed by atoms with Crippen LogP contribution in [0.2, 0.25) is 0 Å². The van der Waals surface area contributed by atoms with E-state index in [2.05, 4.69) is 11.9 Å². The highest BCUT2D eigenvalue weighted by Gasteiger charge is 2.09. The van der Waals surface area contributed by atoms with Gasteiger partial charge in [-0.25, -0.2) is 0 Å². The van der Waals surface area contributed by atoms with E-state index < -0.39 is 4.92 Å². The Hall–Kier alpha value is -2.17. The monoisotopic (exact) mass is 203 g/mol. The van der Waals surface area contributed by atoms with Crippen LogP contribution in [-0.4, -0.2) is 15.0 Å². The fraction of sp³-hybridized carbons (Fsp3) is 0. The van der Waals surface area contributed by atoms with E-state index in [0.717, 1.165) is 0 Å². The summed E-state index contributed by atoms with van der Waals surface area (Å²) in [6.45, 7) is 3.53. The standard InChI is InChI=1S/C10H7N2O3/c1-6-10(13)9-3-2-8(12(14)15)4-7(9)5-11-6/h2-5,13H,1H2. The molecule has 0 amide bonds. The number of hydrogen-bond donors (Lipinski definition) is 1. The fourth-order valence-corrected chi connectivity index (χ4v) is 1.35. The largest absolute Gasteiger partial charge is 0.505 e. The molecule has 2 rings (SSSR count). The Kier molecular flexibility index (Phi) is 2.00. The van der Waals surface area contributed by atoms with Crippen LogP contribution in [0.4, 0.5) is 5.69 Å². The summed E-state index contributed by atoms with van der Waals surface area (Å²) < 4.78 is 0. The lowest BCUT2D eigenvalue weighted by molar-refractivity contribution is -0.384. The third kappa shape index (κ3) is 1.48. The summed E-state index contributed by atoms with van der Waals surface area (Å²) in [7, 11) is 0. The summed E-state index contributed by atoms with van der Waals surface area (Å²) in [5.74, 6) is -0.0394. The molecule has 0 saturated heterocycles. The lowest BCUT2D eigenvalue weighted by Gasteiger charge is -2.02. The van der Waals surface area contributed by atoms with Crippen LogP contribution in [0.5, 0.6) is 5.75 Å². The quantitative estimate of drug-likeness (QED) is 0.568. The van der Waals surface area contributed by atoms with Crippen LogP contribution >= 0.6 is 0 Å². The number of hydrogen-bond acceptors (Lipinski definition) is 4. The predicted octanol–water partition coefficient (Wildman–Crippen LogP) is 2.03. The first-order chi connectivity index (χ1) is 7.09. The first-order valence-electron chi connectivity index (χ1n) is 4.17. The van der Waals surface area contributed by atoms with Crippen LogP contribution in [0.25, 0.3) is 10.8 Å². The number of aromatic nitrogens is 1. The van der Waals surface area contributed by atoms with Crippen molar-refractivity contribution in [3.05, 3.63) is 47.1 Å². The molecule has 15 heavy (non-hydrogen) atoms. The number of non-ortho nitro benzene ring substituents is 1. The van der Waals surface area contributed by atoms with Crippen LogP contribution in [0, 0.1) is 17.0 Å². The molecule has 5 heteroatoms. The maximum absolute atomic E-state index is 10.5. The molecule has 0 aliphatic carbocycles. The minimum atomic E-state index is -0.491. The van der Waals surface area contributed by atoms with Gasteiger partial charge in [0, 0.05) is 29.1 Å². The number of nitro benzene ring substituents is 1. The Morgan fingerprint density at radius 2 is 2.20 bits per heavy atom. The van der Waals surface area contributed by atoms with E-state index in [-0.39, 0.29) is 17.1 Å². The van der Waals surface area contributed by atoms with Crippen molar-refractivity contribution in [2.24, 2.45) is 0 Å². The summed E-state index contributed by atoms with van der Waals surface area (Å²) >= 11 is 0. The van der Waals surface area contributed by atoms with Gasteiger partial charge in [-0.15, -0.1) is 0 Å². The highest BCUT2D eigenvalue weighted by molar-refractivity contribution is 5.89. The molecule has 1 N–H and O–H groups in total. The third-order valence-electron chi connectivity index (χ3n) is 2.13. The zero-order valence-electron chi connectivity index (χ0n) is 7.67. The molecule has 0 bridgehead atoms. The summed E-state index contributed by atoms with van der Waals surface area (Å²) in [6.07, 6.45) is 1.45. The Labute approximate surface area is 85.1 Å². The molecule has 1 radical (unpaired) electrons. The zero-order valence-corrected chi connectivity index (χ0v) is 7.67. The minimum absolute atomic E-state index is 0.0273. The topological polar surface area (TPSA) is 76.3 Å². The number of benzene rings is 1. The number of pyridine rings is 1. The van der Waals surface area contributed by atoms with E-state index in [0.29, 0.717) is 10.8 Å². The molecule has 2 aromatic rings. The van der Waals surface area contributed by atoms with E-state index in [1.807, 2.05) is 0 Å². The van der Waals surface area contributed by atoms with Crippen LogP contribution in [0.15, 0.2) is 24.4 Å². The first kappa shape index (κ1) is 9.39. The molecular weight excluding hydrogens is 196 g/mol. The van der Waals surface area contributed by atoms with E-state index >= 15 is 0 Å². The zero-order chi connectivity index (χ0) is 11.0. The molecule has 1 aromatic carbocycles. The van der Waals surface area contributed by atoms with Crippen LogP contribution in [0.3, 0.4) is 0 Å². The smallest absolute Gasteiger partial charge is 0.270 e. The van der Waals surface area contributed by atoms with Crippen molar-refractivity contribution >= 4 is 16.5 Å². The Balaban J connectivity index is 2.75. The number of fused-ring (bicyclic) bond motifs is 1. The highest BCUT2D eigenvalue weighted by Crippen LogP contribution is 2.28. The molecule has 0 aliphatic rings. The van der Waals surface area contributed by atoms with Gasteiger partial charge in [-0.3, -0.25) is 15.1 Å². The van der Waals surface area contributed by atoms with Gasteiger partial charge in [0.15, 0.2) is 0 Å². The predicted molar refractivity (Wildman–Crippen MR) is 54.5 cm³/mol. The fourth-order valence-electron chi connectivity index (χ4n) is 1.35. The second kappa shape index (κ2) is 3.20.